The van der Waals surface area contributed by atoms with Gasteiger partial charge in [-0.2, -0.15) is 0 Å². The van der Waals surface area contributed by atoms with Gasteiger partial charge >= 0.3 is 0 Å². The molecule has 0 fully saturated rings. The number of hydrogen-bond acceptors (Lipinski definition) is 1. The van der Waals surface area contributed by atoms with E-state index >= 15 is 0 Å². The molecule has 0 saturated heterocycles. The largest absolute Gasteiger partial charge is 0.361 e. The maximum atomic E-state index is 13.5. The Morgan fingerprint density at radius 1 is 1.10 bits per heavy atom. The van der Waals surface area contributed by atoms with E-state index in [9.17, 15) is 9.18 Å². The number of nitrogens with one attached hydrogen (secondary N) is 1. The molecule has 1 aliphatic carbocycles. The van der Waals surface area contributed by atoms with Crippen LogP contribution in [0.5, 0.6) is 0 Å². The zero-order valence-corrected chi connectivity index (χ0v) is 10.7. The molecule has 4 rings (SSSR count). The average molecular weight is 265 g/mol. The minimum atomic E-state index is -0.254. The van der Waals surface area contributed by atoms with Crippen LogP contribution in [0, 0.1) is 5.82 Å². The molecule has 0 spiro atoms. The summed E-state index contributed by atoms with van der Waals surface area (Å²) in [4.78, 5) is 15.2. The van der Waals surface area contributed by atoms with Crippen LogP contribution in [0.15, 0.2) is 48.7 Å². The van der Waals surface area contributed by atoms with Crippen molar-refractivity contribution in [3.63, 3.8) is 0 Å². The first-order valence-electron chi connectivity index (χ1n) is 6.62. The fourth-order valence-corrected chi connectivity index (χ4v) is 3.14. The number of Topliss-reactive ketones (excluding diaryl/α,β-unsaturated/α-hetero) is 1. The van der Waals surface area contributed by atoms with Crippen LogP contribution in [0.25, 0.3) is 10.9 Å². The minimum Gasteiger partial charge on any atom is -0.361 e. The number of benzene rings is 2. The Kier molecular flexibility index (Phi) is 2.30. The van der Waals surface area contributed by atoms with E-state index in [1.165, 1.54) is 12.1 Å². The molecule has 0 bridgehead atoms. The lowest BCUT2D eigenvalue weighted by molar-refractivity contribution is 0.0991. The topological polar surface area (TPSA) is 32.9 Å². The Morgan fingerprint density at radius 3 is 2.85 bits per heavy atom. The highest BCUT2D eigenvalue weighted by Gasteiger charge is 2.31. The number of fused-ring (bicyclic) bond motifs is 2. The first-order chi connectivity index (χ1) is 9.74. The highest BCUT2D eigenvalue weighted by molar-refractivity contribution is 6.02. The third-order valence-corrected chi connectivity index (χ3v) is 4.08. The van der Waals surface area contributed by atoms with E-state index in [1.807, 2.05) is 30.5 Å². The van der Waals surface area contributed by atoms with Crippen molar-refractivity contribution in [1.29, 1.82) is 0 Å². The number of hydrogen-bond donors (Lipinski definition) is 1. The van der Waals surface area contributed by atoms with Gasteiger partial charge in [0.2, 0.25) is 0 Å². The lowest BCUT2D eigenvalue weighted by atomic mass is 9.93. The number of carbonyl (C=O) groups is 1. The third-order valence-electron chi connectivity index (χ3n) is 4.08. The predicted octanol–water partition coefficient (Wildman–Crippen LogP) is 4.03. The van der Waals surface area contributed by atoms with Gasteiger partial charge in [0.15, 0.2) is 5.78 Å². The molecule has 2 nitrogen and oxygen atoms in total. The summed E-state index contributed by atoms with van der Waals surface area (Å²) in [5.41, 5.74) is 3.74. The molecule has 0 saturated carbocycles. The third kappa shape index (κ3) is 1.53. The van der Waals surface area contributed by atoms with Crippen LogP contribution < -0.4 is 0 Å². The minimum absolute atomic E-state index is 0.0225. The van der Waals surface area contributed by atoms with Crippen molar-refractivity contribution in [2.45, 2.75) is 12.3 Å². The number of rotatable bonds is 1. The molecule has 3 aromatic rings. The second kappa shape index (κ2) is 4.04. The van der Waals surface area contributed by atoms with Crippen molar-refractivity contribution in [3.8, 4) is 0 Å². The SMILES string of the molecule is O=C1CC(c2c[nH]c3ccc(F)cc23)c2ccccc21. The fraction of sp³-hybridized carbons (Fsp3) is 0.118. The van der Waals surface area contributed by atoms with Crippen LogP contribution in [0.3, 0.4) is 0 Å². The molecule has 1 unspecified atom stereocenters. The van der Waals surface area contributed by atoms with E-state index in [-0.39, 0.29) is 17.5 Å². The van der Waals surface area contributed by atoms with E-state index in [0.29, 0.717) is 6.42 Å². The lowest BCUT2D eigenvalue weighted by Gasteiger charge is -2.09. The Hall–Kier alpha value is -2.42. The summed E-state index contributed by atoms with van der Waals surface area (Å²) in [6, 6.07) is 12.4. The van der Waals surface area contributed by atoms with E-state index in [1.54, 1.807) is 6.07 Å². The van der Waals surface area contributed by atoms with Crippen LogP contribution in [0.4, 0.5) is 4.39 Å². The average Bonchev–Trinajstić information content (AvgIpc) is 3.00. The summed E-state index contributed by atoms with van der Waals surface area (Å²) < 4.78 is 13.5. The van der Waals surface area contributed by atoms with Crippen molar-refractivity contribution < 1.29 is 9.18 Å². The molecule has 0 amide bonds. The van der Waals surface area contributed by atoms with Crippen LogP contribution >= 0.6 is 0 Å². The van der Waals surface area contributed by atoms with Crippen molar-refractivity contribution in [1.82, 2.24) is 4.98 Å². The summed E-state index contributed by atoms with van der Waals surface area (Å²) in [6.45, 7) is 0. The zero-order chi connectivity index (χ0) is 13.7. The molecule has 1 heterocycles. The number of ketones is 1. The molecule has 2 aromatic carbocycles. The molecule has 1 atom stereocenters. The smallest absolute Gasteiger partial charge is 0.164 e. The molecule has 1 aromatic heterocycles. The van der Waals surface area contributed by atoms with E-state index < -0.39 is 0 Å². The molecule has 98 valence electrons. The maximum Gasteiger partial charge on any atom is 0.164 e. The maximum absolute atomic E-state index is 13.5. The standard InChI is InChI=1S/C17H12FNO/c18-10-5-6-16-14(7-10)15(9-19-16)13-8-17(20)12-4-2-1-3-11(12)13/h1-7,9,13,19H,8H2. The molecule has 0 radical (unpaired) electrons. The number of H-pyrrole nitrogens is 1. The molecule has 0 aliphatic heterocycles. The Bertz CT molecular complexity index is 834. The highest BCUT2D eigenvalue weighted by atomic mass is 19.1. The summed E-state index contributed by atoms with van der Waals surface area (Å²) in [5.74, 6) is -0.0680. The fourth-order valence-electron chi connectivity index (χ4n) is 3.14. The molecular weight excluding hydrogens is 253 g/mol. The Balaban J connectivity index is 1.93. The molecule has 1 aliphatic rings. The van der Waals surface area contributed by atoms with Gasteiger partial charge < -0.3 is 4.98 Å². The molecular formula is C17H12FNO. The first-order valence-corrected chi connectivity index (χ1v) is 6.62. The second-order valence-corrected chi connectivity index (χ2v) is 5.20. The summed E-state index contributed by atoms with van der Waals surface area (Å²) in [5, 5.41) is 0.861. The van der Waals surface area contributed by atoms with E-state index in [2.05, 4.69) is 4.98 Å². The predicted molar refractivity (Wildman–Crippen MR) is 75.5 cm³/mol. The van der Waals surface area contributed by atoms with Gasteiger partial charge in [-0.3, -0.25) is 4.79 Å². The number of aromatic amines is 1. The number of carbonyl (C=O) groups excluding carboxylic acids is 1. The highest BCUT2D eigenvalue weighted by Crippen LogP contribution is 2.40. The van der Waals surface area contributed by atoms with Crippen molar-refractivity contribution in [3.05, 3.63) is 71.2 Å². The molecule has 20 heavy (non-hydrogen) atoms. The van der Waals surface area contributed by atoms with Gasteiger partial charge in [0.05, 0.1) is 0 Å². The Labute approximate surface area is 115 Å². The van der Waals surface area contributed by atoms with E-state index in [0.717, 1.165) is 27.6 Å². The Morgan fingerprint density at radius 2 is 1.95 bits per heavy atom. The van der Waals surface area contributed by atoms with Gasteiger partial charge in [0.1, 0.15) is 5.82 Å². The van der Waals surface area contributed by atoms with Crippen LogP contribution in [0.2, 0.25) is 0 Å². The lowest BCUT2D eigenvalue weighted by Crippen LogP contribution is -1.95. The summed E-state index contributed by atoms with van der Waals surface area (Å²) in [6.07, 6.45) is 2.35. The summed E-state index contributed by atoms with van der Waals surface area (Å²) >= 11 is 0. The van der Waals surface area contributed by atoms with Gasteiger partial charge in [0.25, 0.3) is 0 Å². The quantitative estimate of drug-likeness (QED) is 0.708. The summed E-state index contributed by atoms with van der Waals surface area (Å²) in [7, 11) is 0. The van der Waals surface area contributed by atoms with Crippen LogP contribution in [-0.4, -0.2) is 10.8 Å². The van der Waals surface area contributed by atoms with Crippen LogP contribution in [0.1, 0.15) is 33.8 Å². The van der Waals surface area contributed by atoms with Gasteiger partial charge in [-0.15, -0.1) is 0 Å². The number of halogens is 1. The molecule has 1 N–H and O–H groups in total. The van der Waals surface area contributed by atoms with Gasteiger partial charge in [-0.05, 0) is 29.3 Å². The monoisotopic (exact) mass is 265 g/mol. The molecule has 3 heteroatoms. The van der Waals surface area contributed by atoms with Crippen molar-refractivity contribution in [2.75, 3.05) is 0 Å². The van der Waals surface area contributed by atoms with Gasteiger partial charge in [-0.25, -0.2) is 4.39 Å². The van der Waals surface area contributed by atoms with Gasteiger partial charge in [0, 0.05) is 35.0 Å². The zero-order valence-electron chi connectivity index (χ0n) is 10.7. The first kappa shape index (κ1) is 11.4. The van der Waals surface area contributed by atoms with E-state index in [4.69, 9.17) is 0 Å². The van der Waals surface area contributed by atoms with Gasteiger partial charge in [-0.1, -0.05) is 24.3 Å². The van der Waals surface area contributed by atoms with Crippen molar-refractivity contribution in [2.24, 2.45) is 0 Å². The second-order valence-electron chi connectivity index (χ2n) is 5.20. The normalized spacial score (nSPS) is 17.6. The number of aromatic nitrogens is 1. The van der Waals surface area contributed by atoms with Crippen LogP contribution in [-0.2, 0) is 0 Å². The van der Waals surface area contributed by atoms with Crippen molar-refractivity contribution >= 4 is 16.7 Å².